The molecule has 3 heteroatoms. The van der Waals surface area contributed by atoms with E-state index in [0.717, 1.165) is 5.56 Å². The SMILES string of the molecule is COc1ccc(-c2cc(F)c(C)c(F)c2)cc1. The summed E-state index contributed by atoms with van der Waals surface area (Å²) in [4.78, 5) is 0. The van der Waals surface area contributed by atoms with E-state index in [4.69, 9.17) is 4.74 Å². The van der Waals surface area contributed by atoms with E-state index >= 15 is 0 Å². The fourth-order valence-corrected chi connectivity index (χ4v) is 1.60. The van der Waals surface area contributed by atoms with Gasteiger partial charge in [0.2, 0.25) is 0 Å². The molecule has 1 nitrogen and oxygen atoms in total. The minimum absolute atomic E-state index is 0.0438. The van der Waals surface area contributed by atoms with Crippen LogP contribution < -0.4 is 4.74 Å². The molecule has 0 unspecified atom stereocenters. The summed E-state index contributed by atoms with van der Waals surface area (Å²) in [6.45, 7) is 1.42. The van der Waals surface area contributed by atoms with E-state index in [0.29, 0.717) is 11.3 Å². The minimum atomic E-state index is -0.532. The molecule has 17 heavy (non-hydrogen) atoms. The molecule has 0 saturated heterocycles. The first kappa shape index (κ1) is 11.6. The first-order chi connectivity index (χ1) is 8.11. The fraction of sp³-hybridized carbons (Fsp3) is 0.143. The van der Waals surface area contributed by atoms with E-state index in [-0.39, 0.29) is 5.56 Å². The summed E-state index contributed by atoms with van der Waals surface area (Å²) in [7, 11) is 1.57. The van der Waals surface area contributed by atoms with Crippen LogP contribution in [0.25, 0.3) is 11.1 Å². The van der Waals surface area contributed by atoms with Crippen LogP contribution >= 0.6 is 0 Å². The maximum atomic E-state index is 13.4. The molecule has 0 radical (unpaired) electrons. The molecule has 0 aliphatic rings. The highest BCUT2D eigenvalue weighted by atomic mass is 19.1. The summed E-state index contributed by atoms with van der Waals surface area (Å²) >= 11 is 0. The van der Waals surface area contributed by atoms with Gasteiger partial charge in [-0.05, 0) is 42.3 Å². The number of halogens is 2. The Morgan fingerprint density at radius 3 is 1.88 bits per heavy atom. The predicted molar refractivity (Wildman–Crippen MR) is 63.1 cm³/mol. The Morgan fingerprint density at radius 2 is 1.41 bits per heavy atom. The molecule has 2 aromatic rings. The Balaban J connectivity index is 2.45. The molecular formula is C14H12F2O. The maximum absolute atomic E-state index is 13.4. The van der Waals surface area contributed by atoms with Crippen molar-refractivity contribution in [3.8, 4) is 16.9 Å². The molecule has 0 amide bonds. The van der Waals surface area contributed by atoms with Gasteiger partial charge in [-0.25, -0.2) is 8.78 Å². The van der Waals surface area contributed by atoms with Crippen molar-refractivity contribution in [1.82, 2.24) is 0 Å². The van der Waals surface area contributed by atoms with Crippen LogP contribution in [0.2, 0.25) is 0 Å². The molecule has 0 heterocycles. The minimum Gasteiger partial charge on any atom is -0.497 e. The van der Waals surface area contributed by atoms with Crippen molar-refractivity contribution in [3.63, 3.8) is 0 Å². The van der Waals surface area contributed by atoms with E-state index in [1.807, 2.05) is 0 Å². The third-order valence-corrected chi connectivity index (χ3v) is 2.70. The van der Waals surface area contributed by atoms with Crippen LogP contribution in [0.5, 0.6) is 5.75 Å². The number of methoxy groups -OCH3 is 1. The number of rotatable bonds is 2. The summed E-state index contributed by atoms with van der Waals surface area (Å²) in [6, 6.07) is 9.71. The van der Waals surface area contributed by atoms with Crippen molar-refractivity contribution in [1.29, 1.82) is 0 Å². The van der Waals surface area contributed by atoms with Crippen molar-refractivity contribution < 1.29 is 13.5 Å². The molecule has 0 N–H and O–H groups in total. The standard InChI is InChI=1S/C14H12F2O/c1-9-13(15)7-11(8-14(9)16)10-3-5-12(17-2)6-4-10/h3-8H,1-2H3. The van der Waals surface area contributed by atoms with Gasteiger partial charge in [0.05, 0.1) is 7.11 Å². The Hall–Kier alpha value is -1.90. The van der Waals surface area contributed by atoms with Gasteiger partial charge < -0.3 is 4.74 Å². The van der Waals surface area contributed by atoms with Gasteiger partial charge in [-0.3, -0.25) is 0 Å². The first-order valence-electron chi connectivity index (χ1n) is 5.22. The molecule has 0 aliphatic heterocycles. The number of ether oxygens (including phenoxy) is 1. The summed E-state index contributed by atoms with van der Waals surface area (Å²) < 4.78 is 31.8. The molecule has 0 atom stereocenters. The van der Waals surface area contributed by atoms with E-state index in [1.165, 1.54) is 19.1 Å². The van der Waals surface area contributed by atoms with E-state index in [9.17, 15) is 8.78 Å². The van der Waals surface area contributed by atoms with Crippen molar-refractivity contribution >= 4 is 0 Å². The van der Waals surface area contributed by atoms with Crippen molar-refractivity contribution in [2.24, 2.45) is 0 Å². The maximum Gasteiger partial charge on any atom is 0.129 e. The Kier molecular flexibility index (Phi) is 3.09. The van der Waals surface area contributed by atoms with Crippen LogP contribution in [0.15, 0.2) is 36.4 Å². The second kappa shape index (κ2) is 4.53. The molecule has 0 saturated carbocycles. The quantitative estimate of drug-likeness (QED) is 0.764. The smallest absolute Gasteiger partial charge is 0.129 e. The largest absolute Gasteiger partial charge is 0.497 e. The zero-order valence-corrected chi connectivity index (χ0v) is 9.63. The lowest BCUT2D eigenvalue weighted by Gasteiger charge is -2.06. The summed E-state index contributed by atoms with van der Waals surface area (Å²) in [5, 5.41) is 0. The highest BCUT2D eigenvalue weighted by Gasteiger charge is 2.08. The first-order valence-corrected chi connectivity index (χ1v) is 5.22. The van der Waals surface area contributed by atoms with Crippen LogP contribution in [0.3, 0.4) is 0 Å². The number of hydrogen-bond donors (Lipinski definition) is 0. The van der Waals surface area contributed by atoms with Crippen molar-refractivity contribution in [2.75, 3.05) is 7.11 Å². The Bertz CT molecular complexity index is 509. The molecule has 0 bridgehead atoms. The van der Waals surface area contributed by atoms with E-state index in [2.05, 4.69) is 0 Å². The zero-order valence-electron chi connectivity index (χ0n) is 9.63. The highest BCUT2D eigenvalue weighted by molar-refractivity contribution is 5.64. The lowest BCUT2D eigenvalue weighted by molar-refractivity contribution is 0.415. The van der Waals surface area contributed by atoms with E-state index < -0.39 is 11.6 Å². The van der Waals surface area contributed by atoms with Crippen LogP contribution in [-0.2, 0) is 0 Å². The number of benzene rings is 2. The average molecular weight is 234 g/mol. The predicted octanol–water partition coefficient (Wildman–Crippen LogP) is 3.95. The molecular weight excluding hydrogens is 222 g/mol. The molecule has 2 aromatic carbocycles. The third kappa shape index (κ3) is 2.28. The highest BCUT2D eigenvalue weighted by Crippen LogP contribution is 2.25. The monoisotopic (exact) mass is 234 g/mol. The van der Waals surface area contributed by atoms with Crippen LogP contribution in [0.1, 0.15) is 5.56 Å². The Morgan fingerprint density at radius 1 is 0.882 bits per heavy atom. The van der Waals surface area contributed by atoms with Gasteiger partial charge in [0.15, 0.2) is 0 Å². The number of hydrogen-bond acceptors (Lipinski definition) is 1. The van der Waals surface area contributed by atoms with Gasteiger partial charge in [-0.15, -0.1) is 0 Å². The summed E-state index contributed by atoms with van der Waals surface area (Å²) in [5.41, 5.74) is 1.32. The summed E-state index contributed by atoms with van der Waals surface area (Å²) in [6.07, 6.45) is 0. The molecule has 0 aliphatic carbocycles. The van der Waals surface area contributed by atoms with Gasteiger partial charge >= 0.3 is 0 Å². The van der Waals surface area contributed by atoms with Gasteiger partial charge in [0, 0.05) is 5.56 Å². The molecule has 0 aromatic heterocycles. The normalized spacial score (nSPS) is 10.4. The van der Waals surface area contributed by atoms with Gasteiger partial charge in [0.1, 0.15) is 17.4 Å². The second-order valence-electron chi connectivity index (χ2n) is 3.79. The summed E-state index contributed by atoms with van der Waals surface area (Å²) in [5.74, 6) is -0.353. The van der Waals surface area contributed by atoms with Crippen LogP contribution in [0.4, 0.5) is 8.78 Å². The van der Waals surface area contributed by atoms with Gasteiger partial charge in [0.25, 0.3) is 0 Å². The van der Waals surface area contributed by atoms with E-state index in [1.54, 1.807) is 31.4 Å². The fourth-order valence-electron chi connectivity index (χ4n) is 1.60. The average Bonchev–Trinajstić information content (AvgIpc) is 2.35. The van der Waals surface area contributed by atoms with Crippen molar-refractivity contribution in [3.05, 3.63) is 53.6 Å². The second-order valence-corrected chi connectivity index (χ2v) is 3.79. The van der Waals surface area contributed by atoms with Gasteiger partial charge in [-0.2, -0.15) is 0 Å². The molecule has 88 valence electrons. The Labute approximate surface area is 98.7 Å². The third-order valence-electron chi connectivity index (χ3n) is 2.70. The van der Waals surface area contributed by atoms with Crippen molar-refractivity contribution in [2.45, 2.75) is 6.92 Å². The lowest BCUT2D eigenvalue weighted by atomic mass is 10.0. The zero-order chi connectivity index (χ0) is 12.4. The topological polar surface area (TPSA) is 9.23 Å². The molecule has 2 rings (SSSR count). The lowest BCUT2D eigenvalue weighted by Crippen LogP contribution is -1.90. The molecule has 0 fully saturated rings. The van der Waals surface area contributed by atoms with Crippen LogP contribution in [0, 0.1) is 18.6 Å². The molecule has 0 spiro atoms. The van der Waals surface area contributed by atoms with Crippen LogP contribution in [-0.4, -0.2) is 7.11 Å². The van der Waals surface area contributed by atoms with Gasteiger partial charge in [-0.1, -0.05) is 12.1 Å².